The SMILES string of the molecule is CCCCCCCCCCCC[N](CCCCCCCCCCCC)[Sn]([c]1ccccc1)([c]1ccccc1)[c]1ccccc1.Cl. The summed E-state index contributed by atoms with van der Waals surface area (Å²) in [6.07, 6.45) is 27.9. The molecule has 0 bridgehead atoms. The van der Waals surface area contributed by atoms with E-state index >= 15 is 0 Å². The first-order valence-electron chi connectivity index (χ1n) is 18.8. The zero-order valence-corrected chi connectivity index (χ0v) is 32.7. The molecule has 0 spiro atoms. The molecule has 0 aliphatic rings. The first kappa shape index (κ1) is 39.9. The molecule has 0 saturated heterocycles. The molecule has 0 atom stereocenters. The van der Waals surface area contributed by atoms with Gasteiger partial charge in [-0.05, 0) is 0 Å². The van der Waals surface area contributed by atoms with E-state index in [1.807, 2.05) is 0 Å². The number of rotatable bonds is 26. The molecule has 1 nitrogen and oxygen atoms in total. The molecule has 0 aliphatic heterocycles. The minimum absolute atomic E-state index is 0. The molecule has 0 aliphatic carbocycles. The van der Waals surface area contributed by atoms with Gasteiger partial charge >= 0.3 is 265 Å². The smallest absolute Gasteiger partial charge is 0.147 e. The predicted molar refractivity (Wildman–Crippen MR) is 206 cm³/mol. The number of halogens is 1. The van der Waals surface area contributed by atoms with Crippen LogP contribution in [0.3, 0.4) is 0 Å². The van der Waals surface area contributed by atoms with Crippen LogP contribution >= 0.6 is 12.4 Å². The summed E-state index contributed by atoms with van der Waals surface area (Å²) in [4.78, 5) is 0. The number of unbranched alkanes of at least 4 members (excludes halogenated alkanes) is 18. The third-order valence-corrected chi connectivity index (χ3v) is 23.6. The van der Waals surface area contributed by atoms with Gasteiger partial charge in [0.15, 0.2) is 0 Å². The van der Waals surface area contributed by atoms with Crippen LogP contribution in [0.5, 0.6) is 0 Å². The van der Waals surface area contributed by atoms with E-state index in [2.05, 4.69) is 108 Å². The van der Waals surface area contributed by atoms with E-state index in [4.69, 9.17) is 0 Å². The van der Waals surface area contributed by atoms with Crippen molar-refractivity contribution in [1.82, 2.24) is 3.12 Å². The van der Waals surface area contributed by atoms with Gasteiger partial charge in [-0.25, -0.2) is 0 Å². The van der Waals surface area contributed by atoms with Crippen molar-refractivity contribution in [2.45, 2.75) is 142 Å². The maximum Gasteiger partial charge on any atom is -0.147 e. The molecule has 0 fully saturated rings. The first-order chi connectivity index (χ1) is 21.8. The zero-order chi connectivity index (χ0) is 31.0. The Labute approximate surface area is 289 Å². The van der Waals surface area contributed by atoms with Gasteiger partial charge in [0.05, 0.1) is 0 Å². The Kier molecular flexibility index (Phi) is 22.8. The van der Waals surface area contributed by atoms with Crippen molar-refractivity contribution in [3.8, 4) is 0 Å². The Bertz CT molecular complexity index is 937. The van der Waals surface area contributed by atoms with Crippen molar-refractivity contribution >= 4 is 41.8 Å². The fourth-order valence-electron chi connectivity index (χ4n) is 7.11. The average Bonchev–Trinajstić information content (AvgIpc) is 3.08. The van der Waals surface area contributed by atoms with Crippen LogP contribution in [0.25, 0.3) is 0 Å². The van der Waals surface area contributed by atoms with Gasteiger partial charge in [0, 0.05) is 0 Å². The zero-order valence-electron chi connectivity index (χ0n) is 29.1. The van der Waals surface area contributed by atoms with Crippen LogP contribution in [0.2, 0.25) is 0 Å². The Hall–Kier alpha value is -1.29. The van der Waals surface area contributed by atoms with Crippen LogP contribution in [-0.4, -0.2) is 34.9 Å². The second kappa shape index (κ2) is 25.8. The molecule has 45 heavy (non-hydrogen) atoms. The largest absolute Gasteiger partial charge is 0.147 e. The quantitative estimate of drug-likeness (QED) is 0.0586. The molecular formula is C42H66ClNSn. The van der Waals surface area contributed by atoms with Crippen LogP contribution in [0.1, 0.15) is 142 Å². The van der Waals surface area contributed by atoms with Crippen molar-refractivity contribution in [3.05, 3.63) is 91.0 Å². The topological polar surface area (TPSA) is 3.24 Å². The molecule has 3 aromatic carbocycles. The maximum atomic E-state index is 3.07. The minimum atomic E-state index is -3.49. The van der Waals surface area contributed by atoms with Crippen molar-refractivity contribution in [1.29, 1.82) is 0 Å². The number of benzene rings is 3. The van der Waals surface area contributed by atoms with E-state index in [0.29, 0.717) is 0 Å². The molecule has 3 heteroatoms. The summed E-state index contributed by atoms with van der Waals surface area (Å²) in [5.41, 5.74) is 0. The summed E-state index contributed by atoms with van der Waals surface area (Å²) in [5.74, 6) is 0. The number of nitrogens with zero attached hydrogens (tertiary/aromatic N) is 1. The van der Waals surface area contributed by atoms with Gasteiger partial charge in [-0.15, -0.1) is 12.4 Å². The minimum Gasteiger partial charge on any atom is -0.147 e. The Balaban J connectivity index is 0.00000705. The van der Waals surface area contributed by atoms with Gasteiger partial charge in [0.25, 0.3) is 0 Å². The third-order valence-electron chi connectivity index (χ3n) is 9.61. The third kappa shape index (κ3) is 14.2. The standard InChI is InChI=1S/C24H50N.3C6H5.ClH.Sn/c1-3-5-7-9-11-13-15-17-19-21-23-25-24-22-20-18-16-14-12-10-8-6-4-2;3*1-2-4-6-5-3-1;;/h3-24H2,1-2H3;3*1-5H;1H;/q-1;;;;;+1. The van der Waals surface area contributed by atoms with E-state index in [0.717, 1.165) is 0 Å². The molecule has 3 aromatic rings. The second-order valence-corrected chi connectivity index (χ2v) is 24.0. The summed E-state index contributed by atoms with van der Waals surface area (Å²) in [6.45, 7) is 7.07. The van der Waals surface area contributed by atoms with E-state index in [9.17, 15) is 0 Å². The fourth-order valence-corrected chi connectivity index (χ4v) is 21.7. The average molecular weight is 739 g/mol. The number of hydrogen-bond donors (Lipinski definition) is 0. The van der Waals surface area contributed by atoms with Crippen molar-refractivity contribution < 1.29 is 0 Å². The molecule has 250 valence electrons. The van der Waals surface area contributed by atoms with E-state index < -0.39 is 18.7 Å². The molecule has 0 N–H and O–H groups in total. The van der Waals surface area contributed by atoms with Crippen molar-refractivity contribution in [2.24, 2.45) is 0 Å². The van der Waals surface area contributed by atoms with Gasteiger partial charge in [0.1, 0.15) is 0 Å². The van der Waals surface area contributed by atoms with E-state index in [-0.39, 0.29) is 12.4 Å². The number of hydrogen-bond acceptors (Lipinski definition) is 1. The summed E-state index contributed by atoms with van der Waals surface area (Å²) in [5, 5.41) is 0. The molecule has 3 rings (SSSR count). The van der Waals surface area contributed by atoms with Crippen LogP contribution in [0.15, 0.2) is 91.0 Å². The molecule has 0 heterocycles. The normalized spacial score (nSPS) is 11.5. The Morgan fingerprint density at radius 3 is 0.867 bits per heavy atom. The van der Waals surface area contributed by atoms with Crippen LogP contribution < -0.4 is 10.7 Å². The molecule has 0 aromatic heterocycles. The monoisotopic (exact) mass is 739 g/mol. The summed E-state index contributed by atoms with van der Waals surface area (Å²) in [7, 11) is 0. The fraction of sp³-hybridized carbons (Fsp3) is 0.571. The Morgan fingerprint density at radius 1 is 0.356 bits per heavy atom. The van der Waals surface area contributed by atoms with Crippen molar-refractivity contribution in [2.75, 3.05) is 13.1 Å². The van der Waals surface area contributed by atoms with Gasteiger partial charge in [-0.2, -0.15) is 0 Å². The van der Waals surface area contributed by atoms with Gasteiger partial charge in [-0.1, -0.05) is 13.8 Å². The predicted octanol–water partition coefficient (Wildman–Crippen LogP) is 11.2. The van der Waals surface area contributed by atoms with Crippen molar-refractivity contribution in [3.63, 3.8) is 0 Å². The summed E-state index contributed by atoms with van der Waals surface area (Å²) < 4.78 is 7.86. The van der Waals surface area contributed by atoms with Crippen LogP contribution in [0, 0.1) is 0 Å². The van der Waals surface area contributed by atoms with Crippen LogP contribution in [-0.2, 0) is 0 Å². The Morgan fingerprint density at radius 2 is 0.600 bits per heavy atom. The molecule has 0 radical (unpaired) electrons. The maximum absolute atomic E-state index is 3.49. The van der Waals surface area contributed by atoms with E-state index in [1.54, 1.807) is 10.7 Å². The molecular weight excluding hydrogens is 673 g/mol. The molecule has 0 amide bonds. The van der Waals surface area contributed by atoms with Gasteiger partial charge in [0.2, 0.25) is 0 Å². The summed E-state index contributed by atoms with van der Waals surface area (Å²) >= 11 is -3.49. The molecule has 0 saturated carbocycles. The first-order valence-corrected chi connectivity index (χ1v) is 24.3. The van der Waals surface area contributed by atoms with Gasteiger partial charge < -0.3 is 0 Å². The van der Waals surface area contributed by atoms with Gasteiger partial charge in [-0.3, -0.25) is 0 Å². The summed E-state index contributed by atoms with van der Waals surface area (Å²) in [6, 6.07) is 35.1. The molecule has 0 unspecified atom stereocenters. The van der Waals surface area contributed by atoms with Crippen LogP contribution in [0.4, 0.5) is 0 Å². The van der Waals surface area contributed by atoms with E-state index in [1.165, 1.54) is 142 Å². The second-order valence-electron chi connectivity index (χ2n) is 13.2.